The minimum absolute atomic E-state index is 0.163. The van der Waals surface area contributed by atoms with Crippen molar-refractivity contribution in [2.45, 2.75) is 26.0 Å². The van der Waals surface area contributed by atoms with Gasteiger partial charge in [0, 0.05) is 12.6 Å². The van der Waals surface area contributed by atoms with Gasteiger partial charge in [0.2, 0.25) is 0 Å². The van der Waals surface area contributed by atoms with Crippen molar-refractivity contribution in [1.82, 2.24) is 25.5 Å². The molecule has 2 rings (SSSR count). The molecule has 96 valence electrons. The summed E-state index contributed by atoms with van der Waals surface area (Å²) in [7, 11) is 0. The summed E-state index contributed by atoms with van der Waals surface area (Å²) < 4.78 is 1.62. The summed E-state index contributed by atoms with van der Waals surface area (Å²) in [5, 5.41) is 23.6. The lowest BCUT2D eigenvalue weighted by Crippen LogP contribution is -2.27. The van der Waals surface area contributed by atoms with E-state index in [0.717, 1.165) is 11.3 Å². The number of nitrogens with zero attached hydrogens (tertiary/aromatic N) is 4. The first-order chi connectivity index (χ1) is 8.66. The summed E-state index contributed by atoms with van der Waals surface area (Å²) in [5.41, 5.74) is 2.05. The number of hydrogen-bond acceptors (Lipinski definition) is 5. The van der Waals surface area contributed by atoms with E-state index in [0.29, 0.717) is 6.54 Å². The molecule has 1 aromatic heterocycles. The third kappa shape index (κ3) is 3.12. The molecule has 2 aromatic rings. The van der Waals surface area contributed by atoms with Gasteiger partial charge in [-0.15, -0.1) is 5.10 Å². The summed E-state index contributed by atoms with van der Waals surface area (Å²) in [5.74, 6) is 0. The largest absolute Gasteiger partial charge is 0.392 e. The Morgan fingerprint density at radius 3 is 2.89 bits per heavy atom. The van der Waals surface area contributed by atoms with Crippen LogP contribution < -0.4 is 5.32 Å². The number of nitrogens with one attached hydrogen (secondary N) is 1. The molecule has 0 radical (unpaired) electrons. The van der Waals surface area contributed by atoms with Crippen LogP contribution in [0.15, 0.2) is 30.6 Å². The highest BCUT2D eigenvalue weighted by Gasteiger charge is 2.07. The fourth-order valence-electron chi connectivity index (χ4n) is 1.68. The van der Waals surface area contributed by atoms with Crippen molar-refractivity contribution >= 4 is 0 Å². The third-order valence-corrected chi connectivity index (χ3v) is 2.70. The van der Waals surface area contributed by atoms with Crippen LogP contribution in [-0.4, -0.2) is 38.0 Å². The first-order valence-electron chi connectivity index (χ1n) is 5.91. The number of aliphatic hydroxyl groups excluding tert-OH is 1. The monoisotopic (exact) mass is 247 g/mol. The van der Waals surface area contributed by atoms with Gasteiger partial charge < -0.3 is 10.4 Å². The summed E-state index contributed by atoms with van der Waals surface area (Å²) in [6.45, 7) is 4.38. The van der Waals surface area contributed by atoms with Gasteiger partial charge in [0.05, 0.1) is 11.8 Å². The number of aliphatic hydroxyl groups is 1. The van der Waals surface area contributed by atoms with Crippen LogP contribution in [0.5, 0.6) is 0 Å². The number of hydrogen-bond donors (Lipinski definition) is 2. The lowest BCUT2D eigenvalue weighted by molar-refractivity contribution is 0.187. The van der Waals surface area contributed by atoms with E-state index >= 15 is 0 Å². The number of benzene rings is 1. The molecular weight excluding hydrogens is 230 g/mol. The molecule has 2 atom stereocenters. The van der Waals surface area contributed by atoms with Gasteiger partial charge in [-0.05, 0) is 42.0 Å². The zero-order chi connectivity index (χ0) is 13.0. The Morgan fingerprint density at radius 1 is 1.39 bits per heavy atom. The van der Waals surface area contributed by atoms with Gasteiger partial charge in [0.15, 0.2) is 0 Å². The second-order valence-electron chi connectivity index (χ2n) is 4.33. The van der Waals surface area contributed by atoms with Crippen molar-refractivity contribution in [3.8, 4) is 5.69 Å². The Morgan fingerprint density at radius 2 is 2.22 bits per heavy atom. The van der Waals surface area contributed by atoms with Gasteiger partial charge in [-0.3, -0.25) is 0 Å². The molecule has 6 nitrogen and oxygen atoms in total. The van der Waals surface area contributed by atoms with E-state index < -0.39 is 0 Å². The molecular formula is C12H17N5O. The fraction of sp³-hybridized carbons (Fsp3) is 0.417. The standard InChI is InChI=1S/C12H17N5O/c1-9(18)7-13-10(2)11-4-3-5-12(6-11)17-8-14-15-16-17/h3-6,8-10,13,18H,7H2,1-2H3. The Hall–Kier alpha value is -1.79. The summed E-state index contributed by atoms with van der Waals surface area (Å²) in [6.07, 6.45) is 1.21. The van der Waals surface area contributed by atoms with Gasteiger partial charge in [0.1, 0.15) is 6.33 Å². The number of tetrazole rings is 1. The van der Waals surface area contributed by atoms with E-state index in [-0.39, 0.29) is 12.1 Å². The zero-order valence-electron chi connectivity index (χ0n) is 10.5. The van der Waals surface area contributed by atoms with E-state index in [1.165, 1.54) is 0 Å². The Labute approximate surface area is 106 Å². The lowest BCUT2D eigenvalue weighted by atomic mass is 10.1. The summed E-state index contributed by atoms with van der Waals surface area (Å²) >= 11 is 0. The van der Waals surface area contributed by atoms with E-state index in [2.05, 4.69) is 27.8 Å². The first-order valence-corrected chi connectivity index (χ1v) is 5.91. The maximum atomic E-state index is 9.26. The Bertz CT molecular complexity index is 483. The molecule has 0 aliphatic carbocycles. The molecule has 18 heavy (non-hydrogen) atoms. The SMILES string of the molecule is CC(O)CNC(C)c1cccc(-n2cnnn2)c1. The summed E-state index contributed by atoms with van der Waals surface area (Å²) in [4.78, 5) is 0. The first kappa shape index (κ1) is 12.7. The molecule has 0 fully saturated rings. The zero-order valence-corrected chi connectivity index (χ0v) is 10.5. The van der Waals surface area contributed by atoms with Crippen LogP contribution >= 0.6 is 0 Å². The smallest absolute Gasteiger partial charge is 0.143 e. The van der Waals surface area contributed by atoms with Gasteiger partial charge in [-0.1, -0.05) is 12.1 Å². The molecule has 0 saturated heterocycles. The second-order valence-corrected chi connectivity index (χ2v) is 4.33. The van der Waals surface area contributed by atoms with Crippen molar-refractivity contribution in [3.05, 3.63) is 36.2 Å². The van der Waals surface area contributed by atoms with Gasteiger partial charge in [-0.2, -0.15) is 0 Å². The topological polar surface area (TPSA) is 75.9 Å². The molecule has 1 aromatic carbocycles. The molecule has 0 spiro atoms. The van der Waals surface area contributed by atoms with Crippen LogP contribution in [0.1, 0.15) is 25.5 Å². The van der Waals surface area contributed by atoms with Crippen LogP contribution in [0.25, 0.3) is 5.69 Å². The maximum absolute atomic E-state index is 9.26. The highest BCUT2D eigenvalue weighted by molar-refractivity contribution is 5.35. The van der Waals surface area contributed by atoms with E-state index in [9.17, 15) is 5.11 Å². The molecule has 0 saturated carbocycles. The maximum Gasteiger partial charge on any atom is 0.143 e. The molecule has 0 amide bonds. The summed E-state index contributed by atoms with van der Waals surface area (Å²) in [6, 6.07) is 8.13. The third-order valence-electron chi connectivity index (χ3n) is 2.70. The number of aromatic nitrogens is 4. The van der Waals surface area contributed by atoms with Crippen molar-refractivity contribution < 1.29 is 5.11 Å². The minimum Gasteiger partial charge on any atom is -0.392 e. The Balaban J connectivity index is 2.12. The van der Waals surface area contributed by atoms with Crippen LogP contribution in [0.4, 0.5) is 0 Å². The quantitative estimate of drug-likeness (QED) is 0.813. The van der Waals surface area contributed by atoms with Crippen molar-refractivity contribution in [3.63, 3.8) is 0 Å². The highest BCUT2D eigenvalue weighted by atomic mass is 16.3. The average Bonchev–Trinajstić information content (AvgIpc) is 2.90. The molecule has 1 heterocycles. The van der Waals surface area contributed by atoms with E-state index in [1.54, 1.807) is 17.9 Å². The van der Waals surface area contributed by atoms with Crippen molar-refractivity contribution in [2.24, 2.45) is 0 Å². The van der Waals surface area contributed by atoms with Crippen LogP contribution in [-0.2, 0) is 0 Å². The minimum atomic E-state index is -0.352. The van der Waals surface area contributed by atoms with E-state index in [1.807, 2.05) is 24.3 Å². The van der Waals surface area contributed by atoms with Crippen molar-refractivity contribution in [2.75, 3.05) is 6.54 Å². The van der Waals surface area contributed by atoms with Gasteiger partial charge >= 0.3 is 0 Å². The lowest BCUT2D eigenvalue weighted by Gasteiger charge is -2.16. The predicted octanol–water partition coefficient (Wildman–Crippen LogP) is 0.694. The van der Waals surface area contributed by atoms with Gasteiger partial charge in [0.25, 0.3) is 0 Å². The predicted molar refractivity (Wildman–Crippen MR) is 67.3 cm³/mol. The fourth-order valence-corrected chi connectivity index (χ4v) is 1.68. The normalized spacial score (nSPS) is 14.4. The van der Waals surface area contributed by atoms with Crippen LogP contribution in [0, 0.1) is 0 Å². The van der Waals surface area contributed by atoms with Crippen LogP contribution in [0.3, 0.4) is 0 Å². The molecule has 0 aliphatic heterocycles. The number of rotatable bonds is 5. The van der Waals surface area contributed by atoms with Crippen LogP contribution in [0.2, 0.25) is 0 Å². The highest BCUT2D eigenvalue weighted by Crippen LogP contribution is 2.15. The molecule has 0 bridgehead atoms. The van der Waals surface area contributed by atoms with E-state index in [4.69, 9.17) is 0 Å². The Kier molecular flexibility index (Phi) is 4.01. The molecule has 6 heteroatoms. The molecule has 2 N–H and O–H groups in total. The van der Waals surface area contributed by atoms with Crippen molar-refractivity contribution in [1.29, 1.82) is 0 Å². The molecule has 2 unspecified atom stereocenters. The second kappa shape index (κ2) is 5.70. The average molecular weight is 247 g/mol. The van der Waals surface area contributed by atoms with Gasteiger partial charge in [-0.25, -0.2) is 4.68 Å². The molecule has 0 aliphatic rings.